The molecule has 2 heteroatoms. The predicted octanol–water partition coefficient (Wildman–Crippen LogP) is 2.64. The third kappa shape index (κ3) is 4.49. The Labute approximate surface area is 105 Å². The van der Waals surface area contributed by atoms with E-state index in [9.17, 15) is 0 Å². The first-order valence-electron chi connectivity index (χ1n) is 6.75. The number of hydrogen-bond donors (Lipinski definition) is 1. The van der Waals surface area contributed by atoms with E-state index in [2.05, 4.69) is 48.5 Å². The molecule has 1 aliphatic carbocycles. The lowest BCUT2D eigenvalue weighted by Gasteiger charge is -2.16. The Kier molecular flexibility index (Phi) is 4.57. The molecule has 1 aromatic carbocycles. The molecule has 0 unspecified atom stereocenters. The van der Waals surface area contributed by atoms with Gasteiger partial charge in [0.25, 0.3) is 0 Å². The molecule has 0 aliphatic heterocycles. The molecule has 2 nitrogen and oxygen atoms in total. The largest absolute Gasteiger partial charge is 0.313 e. The average molecular weight is 232 g/mol. The highest BCUT2D eigenvalue weighted by Gasteiger charge is 2.22. The second-order valence-corrected chi connectivity index (χ2v) is 5.24. The molecule has 1 aromatic rings. The van der Waals surface area contributed by atoms with Crippen molar-refractivity contribution in [1.29, 1.82) is 0 Å². The Morgan fingerprint density at radius 3 is 2.41 bits per heavy atom. The highest BCUT2D eigenvalue weighted by Crippen LogP contribution is 2.29. The molecule has 94 valence electrons. The van der Waals surface area contributed by atoms with E-state index in [1.165, 1.54) is 30.5 Å². The van der Waals surface area contributed by atoms with Crippen LogP contribution < -0.4 is 5.32 Å². The minimum absolute atomic E-state index is 0.980. The number of benzene rings is 1. The normalized spacial score (nSPS) is 15.5. The molecule has 0 radical (unpaired) electrons. The van der Waals surface area contributed by atoms with Crippen molar-refractivity contribution in [2.45, 2.75) is 32.9 Å². The Balaban J connectivity index is 1.79. The number of nitrogens with one attached hydrogen (secondary N) is 1. The maximum Gasteiger partial charge on any atom is 0.0230 e. The van der Waals surface area contributed by atoms with Crippen molar-refractivity contribution < 1.29 is 0 Å². The van der Waals surface area contributed by atoms with Crippen molar-refractivity contribution in [3.63, 3.8) is 0 Å². The van der Waals surface area contributed by atoms with Gasteiger partial charge in [0.15, 0.2) is 0 Å². The van der Waals surface area contributed by atoms with Gasteiger partial charge in [-0.2, -0.15) is 0 Å². The van der Waals surface area contributed by atoms with Crippen molar-refractivity contribution >= 4 is 0 Å². The number of rotatable bonds is 7. The van der Waals surface area contributed by atoms with Crippen LogP contribution in [0.25, 0.3) is 0 Å². The van der Waals surface area contributed by atoms with E-state index in [0.717, 1.165) is 25.6 Å². The predicted molar refractivity (Wildman–Crippen MR) is 72.9 cm³/mol. The minimum Gasteiger partial charge on any atom is -0.313 e. The van der Waals surface area contributed by atoms with Gasteiger partial charge < -0.3 is 10.2 Å². The molecule has 2 rings (SSSR count). The molecular weight excluding hydrogens is 208 g/mol. The summed E-state index contributed by atoms with van der Waals surface area (Å²) in [6.07, 6.45) is 2.87. The molecule has 1 aliphatic rings. The second kappa shape index (κ2) is 6.18. The quantitative estimate of drug-likeness (QED) is 0.777. The fraction of sp³-hybridized carbons (Fsp3) is 0.600. The molecular formula is C15H24N2. The van der Waals surface area contributed by atoms with Crippen LogP contribution in [0, 0.1) is 5.92 Å². The van der Waals surface area contributed by atoms with Crippen molar-refractivity contribution in [2.75, 3.05) is 20.1 Å². The molecule has 0 bridgehead atoms. The van der Waals surface area contributed by atoms with Gasteiger partial charge in [-0.15, -0.1) is 0 Å². The smallest absolute Gasteiger partial charge is 0.0230 e. The summed E-state index contributed by atoms with van der Waals surface area (Å²) in [6, 6.07) is 9.00. The Morgan fingerprint density at radius 1 is 1.18 bits per heavy atom. The number of hydrogen-bond acceptors (Lipinski definition) is 2. The van der Waals surface area contributed by atoms with E-state index in [1.54, 1.807) is 0 Å². The van der Waals surface area contributed by atoms with E-state index >= 15 is 0 Å². The van der Waals surface area contributed by atoms with Crippen LogP contribution in [-0.4, -0.2) is 25.0 Å². The number of nitrogens with zero attached hydrogens (tertiary/aromatic N) is 1. The Bertz CT molecular complexity index is 327. The van der Waals surface area contributed by atoms with Crippen LogP contribution in [0.15, 0.2) is 24.3 Å². The summed E-state index contributed by atoms with van der Waals surface area (Å²) in [6.45, 7) is 6.50. The molecule has 0 aromatic heterocycles. The minimum atomic E-state index is 0.980. The van der Waals surface area contributed by atoms with E-state index in [-0.39, 0.29) is 0 Å². The molecule has 0 heterocycles. The van der Waals surface area contributed by atoms with Gasteiger partial charge in [0.2, 0.25) is 0 Å². The van der Waals surface area contributed by atoms with Gasteiger partial charge in [-0.05, 0) is 43.5 Å². The summed E-state index contributed by atoms with van der Waals surface area (Å²) < 4.78 is 0. The lowest BCUT2D eigenvalue weighted by Crippen LogP contribution is -2.20. The van der Waals surface area contributed by atoms with Gasteiger partial charge in [-0.3, -0.25) is 0 Å². The molecule has 0 amide bonds. The average Bonchev–Trinajstić information content (AvgIpc) is 3.12. The van der Waals surface area contributed by atoms with Gasteiger partial charge >= 0.3 is 0 Å². The van der Waals surface area contributed by atoms with Crippen LogP contribution >= 0.6 is 0 Å². The molecule has 0 saturated heterocycles. The van der Waals surface area contributed by atoms with Crippen LogP contribution in [-0.2, 0) is 13.1 Å². The highest BCUT2D eigenvalue weighted by atomic mass is 15.1. The fourth-order valence-electron chi connectivity index (χ4n) is 2.15. The van der Waals surface area contributed by atoms with Crippen LogP contribution in [0.4, 0.5) is 0 Å². The summed E-state index contributed by atoms with van der Waals surface area (Å²) in [4.78, 5) is 2.44. The first-order chi connectivity index (χ1) is 8.28. The maximum absolute atomic E-state index is 3.35. The van der Waals surface area contributed by atoms with Gasteiger partial charge in [0.1, 0.15) is 0 Å². The second-order valence-electron chi connectivity index (χ2n) is 5.24. The van der Waals surface area contributed by atoms with Gasteiger partial charge in [-0.25, -0.2) is 0 Å². The van der Waals surface area contributed by atoms with E-state index in [4.69, 9.17) is 0 Å². The third-order valence-corrected chi connectivity index (χ3v) is 3.32. The van der Waals surface area contributed by atoms with E-state index < -0.39 is 0 Å². The molecule has 1 fully saturated rings. The van der Waals surface area contributed by atoms with Crippen molar-refractivity contribution in [3.05, 3.63) is 35.4 Å². The molecule has 0 atom stereocenters. The summed E-state index contributed by atoms with van der Waals surface area (Å²) in [7, 11) is 2.23. The van der Waals surface area contributed by atoms with Crippen LogP contribution in [0.2, 0.25) is 0 Å². The molecule has 0 spiro atoms. The van der Waals surface area contributed by atoms with Crippen molar-refractivity contribution in [1.82, 2.24) is 10.2 Å². The topological polar surface area (TPSA) is 15.3 Å². The SMILES string of the molecule is CCNCc1ccc(CN(C)CC2CC2)cc1. The Hall–Kier alpha value is -0.860. The van der Waals surface area contributed by atoms with Crippen molar-refractivity contribution in [2.24, 2.45) is 5.92 Å². The molecule has 1 N–H and O–H groups in total. The third-order valence-electron chi connectivity index (χ3n) is 3.32. The zero-order valence-corrected chi connectivity index (χ0v) is 11.1. The molecule has 17 heavy (non-hydrogen) atoms. The zero-order chi connectivity index (χ0) is 12.1. The van der Waals surface area contributed by atoms with Crippen molar-refractivity contribution in [3.8, 4) is 0 Å². The van der Waals surface area contributed by atoms with Gasteiger partial charge in [0.05, 0.1) is 0 Å². The zero-order valence-electron chi connectivity index (χ0n) is 11.1. The summed E-state index contributed by atoms with van der Waals surface area (Å²) in [5.41, 5.74) is 2.80. The standard InChI is InChI=1S/C15H24N2/c1-3-16-10-13-4-6-14(7-5-13)11-17(2)12-15-8-9-15/h4-7,15-16H,3,8-12H2,1-2H3. The fourth-order valence-corrected chi connectivity index (χ4v) is 2.15. The van der Waals surface area contributed by atoms with Crippen LogP contribution in [0.1, 0.15) is 30.9 Å². The lowest BCUT2D eigenvalue weighted by atomic mass is 10.1. The van der Waals surface area contributed by atoms with Gasteiger partial charge in [-0.1, -0.05) is 31.2 Å². The molecule has 1 saturated carbocycles. The summed E-state index contributed by atoms with van der Waals surface area (Å²) in [5, 5.41) is 3.35. The highest BCUT2D eigenvalue weighted by molar-refractivity contribution is 5.22. The lowest BCUT2D eigenvalue weighted by molar-refractivity contribution is 0.313. The van der Waals surface area contributed by atoms with Crippen LogP contribution in [0.3, 0.4) is 0 Å². The van der Waals surface area contributed by atoms with E-state index in [1.807, 2.05) is 0 Å². The summed E-state index contributed by atoms with van der Waals surface area (Å²) in [5.74, 6) is 0.980. The summed E-state index contributed by atoms with van der Waals surface area (Å²) >= 11 is 0. The first-order valence-corrected chi connectivity index (χ1v) is 6.75. The maximum atomic E-state index is 3.35. The van der Waals surface area contributed by atoms with Crippen LogP contribution in [0.5, 0.6) is 0 Å². The Morgan fingerprint density at radius 2 is 1.82 bits per heavy atom. The monoisotopic (exact) mass is 232 g/mol. The first kappa shape index (κ1) is 12.6. The van der Waals surface area contributed by atoms with E-state index in [0.29, 0.717) is 0 Å². The van der Waals surface area contributed by atoms with Gasteiger partial charge in [0, 0.05) is 19.6 Å².